The zero-order chi connectivity index (χ0) is 13.8. The number of hydrogen-bond acceptors (Lipinski definition) is 5. The van der Waals surface area contributed by atoms with E-state index in [-0.39, 0.29) is 0 Å². The first-order valence-corrected chi connectivity index (χ1v) is 8.81. The molecule has 0 aromatic carbocycles. The smallest absolute Gasteiger partial charge is 0.195 e. The summed E-state index contributed by atoms with van der Waals surface area (Å²) < 4.78 is 2.19. The Hall–Kier alpha value is -0.720. The van der Waals surface area contributed by atoms with Crippen LogP contribution in [0.15, 0.2) is 11.6 Å². The molecule has 2 rings (SSSR count). The average molecular weight is 298 g/mol. The van der Waals surface area contributed by atoms with E-state index in [9.17, 15) is 0 Å². The van der Waals surface area contributed by atoms with Crippen LogP contribution in [0.4, 0.5) is 5.82 Å². The summed E-state index contributed by atoms with van der Waals surface area (Å²) in [6.45, 7) is 3.08. The summed E-state index contributed by atoms with van der Waals surface area (Å²) in [6, 6.07) is 0.537. The van der Waals surface area contributed by atoms with Gasteiger partial charge in [0.15, 0.2) is 10.8 Å². The summed E-state index contributed by atoms with van der Waals surface area (Å²) in [7, 11) is 4.14. The molecule has 0 bridgehead atoms. The van der Waals surface area contributed by atoms with E-state index >= 15 is 0 Å². The van der Waals surface area contributed by atoms with Gasteiger partial charge in [-0.1, -0.05) is 6.92 Å². The van der Waals surface area contributed by atoms with E-state index in [1.165, 1.54) is 5.69 Å². The topological polar surface area (TPSA) is 32.6 Å². The van der Waals surface area contributed by atoms with Gasteiger partial charge in [0.1, 0.15) is 0 Å². The molecule has 0 aliphatic carbocycles. The van der Waals surface area contributed by atoms with Gasteiger partial charge < -0.3 is 10.2 Å². The molecular weight excluding hydrogens is 276 g/mol. The maximum absolute atomic E-state index is 4.80. The Morgan fingerprint density at radius 2 is 2.37 bits per heavy atom. The van der Waals surface area contributed by atoms with Crippen LogP contribution in [0.2, 0.25) is 0 Å². The summed E-state index contributed by atoms with van der Waals surface area (Å²) in [6.07, 6.45) is 5.41. The molecule has 0 aliphatic heterocycles. The lowest BCUT2D eigenvalue weighted by atomic mass is 10.2. The van der Waals surface area contributed by atoms with E-state index in [0.717, 1.165) is 29.5 Å². The Labute approximate surface area is 123 Å². The number of fused-ring (bicyclic) bond motifs is 1. The molecule has 6 heteroatoms. The second kappa shape index (κ2) is 6.63. The summed E-state index contributed by atoms with van der Waals surface area (Å²) in [4.78, 5) is 8.21. The first-order chi connectivity index (χ1) is 9.22. The highest BCUT2D eigenvalue weighted by molar-refractivity contribution is 7.98. The van der Waals surface area contributed by atoms with Crippen LogP contribution in [-0.4, -0.2) is 41.5 Å². The van der Waals surface area contributed by atoms with Gasteiger partial charge in [-0.3, -0.25) is 4.40 Å². The number of nitrogens with one attached hydrogen (secondary N) is 1. The monoisotopic (exact) mass is 298 g/mol. The molecule has 1 unspecified atom stereocenters. The van der Waals surface area contributed by atoms with Gasteiger partial charge in [-0.2, -0.15) is 11.8 Å². The zero-order valence-corrected chi connectivity index (χ0v) is 13.6. The molecule has 106 valence electrons. The largest absolute Gasteiger partial charge is 0.354 e. The third-order valence-electron chi connectivity index (χ3n) is 3.40. The molecule has 0 amide bonds. The molecule has 0 spiro atoms. The van der Waals surface area contributed by atoms with Crippen molar-refractivity contribution in [3.63, 3.8) is 0 Å². The predicted molar refractivity (Wildman–Crippen MR) is 86.7 cm³/mol. The molecule has 0 radical (unpaired) electrons. The van der Waals surface area contributed by atoms with Crippen molar-refractivity contribution in [2.24, 2.45) is 0 Å². The number of anilines is 1. The number of imidazole rings is 1. The molecular formula is C13H22N4S2. The van der Waals surface area contributed by atoms with Gasteiger partial charge in [-0.25, -0.2) is 4.98 Å². The second-order valence-electron chi connectivity index (χ2n) is 4.60. The number of rotatable bonds is 7. The number of nitrogens with zero attached hydrogens (tertiary/aromatic N) is 3. The highest BCUT2D eigenvalue weighted by Crippen LogP contribution is 2.26. The van der Waals surface area contributed by atoms with Crippen LogP contribution < -0.4 is 10.2 Å². The SMILES string of the molecule is CCC(CSC)N(C)c1nc2sccn2c1CNC. The van der Waals surface area contributed by atoms with Crippen molar-refractivity contribution in [1.82, 2.24) is 14.7 Å². The Kier molecular flexibility index (Phi) is 5.13. The van der Waals surface area contributed by atoms with E-state index in [0.29, 0.717) is 6.04 Å². The third kappa shape index (κ3) is 2.90. The van der Waals surface area contributed by atoms with Crippen molar-refractivity contribution in [3.8, 4) is 0 Å². The Balaban J connectivity index is 2.36. The maximum atomic E-state index is 4.80. The Morgan fingerprint density at radius 1 is 1.58 bits per heavy atom. The van der Waals surface area contributed by atoms with Gasteiger partial charge in [0.2, 0.25) is 0 Å². The fourth-order valence-electron chi connectivity index (χ4n) is 2.30. The number of thioether (sulfide) groups is 1. The maximum Gasteiger partial charge on any atom is 0.195 e. The van der Waals surface area contributed by atoms with Crippen LogP contribution in [0.3, 0.4) is 0 Å². The van der Waals surface area contributed by atoms with E-state index in [1.807, 2.05) is 18.8 Å². The highest BCUT2D eigenvalue weighted by atomic mass is 32.2. The minimum Gasteiger partial charge on any atom is -0.354 e. The average Bonchev–Trinajstić information content (AvgIpc) is 2.98. The standard InChI is InChI=1S/C13H22N4S2/c1-5-10(9-18-4)16(3)12-11(8-14-2)17-6-7-19-13(17)15-12/h6-7,10,14H,5,8-9H2,1-4H3. The molecule has 1 N–H and O–H groups in total. The van der Waals surface area contributed by atoms with E-state index in [2.05, 4.69) is 46.4 Å². The molecule has 4 nitrogen and oxygen atoms in total. The molecule has 0 fully saturated rings. The van der Waals surface area contributed by atoms with Gasteiger partial charge in [-0.05, 0) is 19.7 Å². The normalized spacial score (nSPS) is 13.1. The van der Waals surface area contributed by atoms with Crippen LogP contribution in [0.5, 0.6) is 0 Å². The zero-order valence-electron chi connectivity index (χ0n) is 12.0. The molecule has 0 aliphatic rings. The van der Waals surface area contributed by atoms with Crippen LogP contribution in [0.1, 0.15) is 19.0 Å². The van der Waals surface area contributed by atoms with Crippen molar-refractivity contribution in [2.75, 3.05) is 31.0 Å². The predicted octanol–water partition coefficient (Wildman–Crippen LogP) is 2.69. The summed E-state index contributed by atoms with van der Waals surface area (Å²) >= 11 is 3.59. The third-order valence-corrected chi connectivity index (χ3v) is 4.87. The van der Waals surface area contributed by atoms with Crippen molar-refractivity contribution < 1.29 is 0 Å². The molecule has 2 heterocycles. The van der Waals surface area contributed by atoms with Crippen LogP contribution >= 0.6 is 23.1 Å². The molecule has 1 atom stereocenters. The lowest BCUT2D eigenvalue weighted by Crippen LogP contribution is -2.34. The number of thiazole rings is 1. The lowest BCUT2D eigenvalue weighted by Gasteiger charge is -2.27. The van der Waals surface area contributed by atoms with Gasteiger partial charge in [0.05, 0.1) is 5.69 Å². The molecule has 2 aromatic rings. The highest BCUT2D eigenvalue weighted by Gasteiger charge is 2.20. The van der Waals surface area contributed by atoms with E-state index in [4.69, 9.17) is 4.98 Å². The Bertz CT molecular complexity index is 520. The fourth-order valence-corrected chi connectivity index (χ4v) is 3.88. The van der Waals surface area contributed by atoms with Crippen LogP contribution in [0.25, 0.3) is 4.96 Å². The second-order valence-corrected chi connectivity index (χ2v) is 6.38. The number of hydrogen-bond donors (Lipinski definition) is 1. The first-order valence-electron chi connectivity index (χ1n) is 6.53. The van der Waals surface area contributed by atoms with Gasteiger partial charge in [-0.15, -0.1) is 11.3 Å². The number of aromatic nitrogens is 2. The van der Waals surface area contributed by atoms with Crippen molar-refractivity contribution in [3.05, 3.63) is 17.3 Å². The van der Waals surface area contributed by atoms with Gasteiger partial charge in [0, 0.05) is 37.0 Å². The van der Waals surface area contributed by atoms with Gasteiger partial charge >= 0.3 is 0 Å². The molecule has 0 saturated heterocycles. The summed E-state index contributed by atoms with van der Waals surface area (Å²) in [5, 5.41) is 5.34. The van der Waals surface area contributed by atoms with Crippen molar-refractivity contribution >= 4 is 33.9 Å². The minimum absolute atomic E-state index is 0.537. The lowest BCUT2D eigenvalue weighted by molar-refractivity contribution is 0.660. The fraction of sp³-hybridized carbons (Fsp3) is 0.615. The molecule has 2 aromatic heterocycles. The first kappa shape index (κ1) is 14.7. The molecule has 19 heavy (non-hydrogen) atoms. The Morgan fingerprint density at radius 3 is 3.00 bits per heavy atom. The molecule has 0 saturated carbocycles. The van der Waals surface area contributed by atoms with E-state index in [1.54, 1.807) is 11.3 Å². The summed E-state index contributed by atoms with van der Waals surface area (Å²) in [5.74, 6) is 2.25. The van der Waals surface area contributed by atoms with Crippen molar-refractivity contribution in [2.45, 2.75) is 25.9 Å². The van der Waals surface area contributed by atoms with Gasteiger partial charge in [0.25, 0.3) is 0 Å². The van der Waals surface area contributed by atoms with E-state index < -0.39 is 0 Å². The van der Waals surface area contributed by atoms with Crippen LogP contribution in [0, 0.1) is 0 Å². The van der Waals surface area contributed by atoms with Crippen molar-refractivity contribution in [1.29, 1.82) is 0 Å². The summed E-state index contributed by atoms with van der Waals surface area (Å²) in [5.41, 5.74) is 1.25. The van der Waals surface area contributed by atoms with Crippen LogP contribution in [-0.2, 0) is 6.54 Å². The quantitative estimate of drug-likeness (QED) is 0.852. The minimum atomic E-state index is 0.537.